The molecule has 94 valence electrons. The molecule has 19 heavy (non-hydrogen) atoms. The van der Waals surface area contributed by atoms with Crippen molar-refractivity contribution in [1.82, 2.24) is 9.97 Å². The van der Waals surface area contributed by atoms with Gasteiger partial charge in [0, 0.05) is 35.4 Å². The van der Waals surface area contributed by atoms with E-state index in [9.17, 15) is 0 Å². The molecule has 0 aliphatic heterocycles. The Bertz CT molecular complexity index is 677. The predicted molar refractivity (Wildman–Crippen MR) is 79.0 cm³/mol. The number of benzene rings is 1. The van der Waals surface area contributed by atoms with Crippen molar-refractivity contribution in [2.24, 2.45) is 0 Å². The molecule has 0 amide bonds. The number of nitrogens with two attached hydrogens (primary N) is 1. The molecule has 0 spiro atoms. The standard InChI is InChI=1S/C15H13N3S/c16-13-5-1-3-11(7-13)8-15-18-14(10-19-15)12-4-2-6-17-9-12/h1-7,9-10H,8,16H2. The van der Waals surface area contributed by atoms with Crippen molar-refractivity contribution < 1.29 is 0 Å². The topological polar surface area (TPSA) is 51.8 Å². The first-order valence-electron chi connectivity index (χ1n) is 6.00. The van der Waals surface area contributed by atoms with Gasteiger partial charge in [0.2, 0.25) is 0 Å². The van der Waals surface area contributed by atoms with E-state index in [0.717, 1.165) is 28.4 Å². The summed E-state index contributed by atoms with van der Waals surface area (Å²) in [7, 11) is 0. The van der Waals surface area contributed by atoms with Crippen LogP contribution in [0.3, 0.4) is 0 Å². The van der Waals surface area contributed by atoms with E-state index in [4.69, 9.17) is 5.73 Å². The van der Waals surface area contributed by atoms with Crippen LogP contribution >= 0.6 is 11.3 Å². The van der Waals surface area contributed by atoms with E-state index in [2.05, 4.69) is 21.4 Å². The van der Waals surface area contributed by atoms with Gasteiger partial charge in [-0.15, -0.1) is 11.3 Å². The maximum Gasteiger partial charge on any atom is 0.0976 e. The molecule has 0 aliphatic rings. The molecule has 2 heterocycles. The molecule has 3 aromatic rings. The Labute approximate surface area is 115 Å². The molecule has 0 aliphatic carbocycles. The Kier molecular flexibility index (Phi) is 3.25. The lowest BCUT2D eigenvalue weighted by atomic mass is 10.1. The van der Waals surface area contributed by atoms with E-state index < -0.39 is 0 Å². The average Bonchev–Trinajstić information content (AvgIpc) is 2.88. The highest BCUT2D eigenvalue weighted by atomic mass is 32.1. The molecule has 0 unspecified atom stereocenters. The second-order valence-corrected chi connectivity index (χ2v) is 5.23. The smallest absolute Gasteiger partial charge is 0.0976 e. The summed E-state index contributed by atoms with van der Waals surface area (Å²) < 4.78 is 0. The summed E-state index contributed by atoms with van der Waals surface area (Å²) in [6, 6.07) is 11.9. The molecule has 0 atom stereocenters. The molecule has 0 saturated carbocycles. The van der Waals surface area contributed by atoms with Crippen LogP contribution in [-0.4, -0.2) is 9.97 Å². The van der Waals surface area contributed by atoms with Crippen LogP contribution in [0, 0.1) is 0 Å². The molecular formula is C15H13N3S. The normalized spacial score (nSPS) is 10.5. The van der Waals surface area contributed by atoms with E-state index in [1.807, 2.05) is 36.5 Å². The SMILES string of the molecule is Nc1cccc(Cc2nc(-c3cccnc3)cs2)c1. The van der Waals surface area contributed by atoms with E-state index in [1.165, 1.54) is 5.56 Å². The van der Waals surface area contributed by atoms with Crippen molar-refractivity contribution in [2.45, 2.75) is 6.42 Å². The van der Waals surface area contributed by atoms with Gasteiger partial charge in [-0.05, 0) is 29.8 Å². The lowest BCUT2D eigenvalue weighted by Gasteiger charge is -1.99. The van der Waals surface area contributed by atoms with Crippen molar-refractivity contribution in [3.8, 4) is 11.3 Å². The number of hydrogen-bond donors (Lipinski definition) is 1. The lowest BCUT2D eigenvalue weighted by Crippen LogP contribution is -1.90. The van der Waals surface area contributed by atoms with E-state index in [-0.39, 0.29) is 0 Å². The monoisotopic (exact) mass is 267 g/mol. The van der Waals surface area contributed by atoms with Crippen LogP contribution in [0.4, 0.5) is 5.69 Å². The van der Waals surface area contributed by atoms with Crippen molar-refractivity contribution >= 4 is 17.0 Å². The van der Waals surface area contributed by atoms with Gasteiger partial charge >= 0.3 is 0 Å². The quantitative estimate of drug-likeness (QED) is 0.740. The van der Waals surface area contributed by atoms with Gasteiger partial charge in [-0.1, -0.05) is 12.1 Å². The van der Waals surface area contributed by atoms with Crippen LogP contribution in [0.5, 0.6) is 0 Å². The molecule has 0 bridgehead atoms. The number of anilines is 1. The second-order valence-electron chi connectivity index (χ2n) is 4.29. The van der Waals surface area contributed by atoms with Crippen LogP contribution in [0.1, 0.15) is 10.6 Å². The summed E-state index contributed by atoms with van der Waals surface area (Å²) in [5.41, 5.74) is 9.80. The number of rotatable bonds is 3. The van der Waals surface area contributed by atoms with Gasteiger partial charge in [-0.25, -0.2) is 4.98 Å². The zero-order chi connectivity index (χ0) is 13.1. The summed E-state index contributed by atoms with van der Waals surface area (Å²) in [6.45, 7) is 0. The fraction of sp³-hybridized carbons (Fsp3) is 0.0667. The number of nitrogen functional groups attached to an aromatic ring is 1. The van der Waals surface area contributed by atoms with E-state index in [1.54, 1.807) is 17.5 Å². The maximum atomic E-state index is 5.78. The molecule has 0 radical (unpaired) electrons. The lowest BCUT2D eigenvalue weighted by molar-refractivity contribution is 1.14. The predicted octanol–water partition coefficient (Wildman–Crippen LogP) is 3.38. The maximum absolute atomic E-state index is 5.78. The number of pyridine rings is 1. The minimum Gasteiger partial charge on any atom is -0.399 e. The Balaban J connectivity index is 1.82. The second kappa shape index (κ2) is 5.20. The molecule has 0 fully saturated rings. The van der Waals surface area contributed by atoms with Gasteiger partial charge in [0.1, 0.15) is 0 Å². The average molecular weight is 267 g/mol. The summed E-state index contributed by atoms with van der Waals surface area (Å²) >= 11 is 1.67. The highest BCUT2D eigenvalue weighted by Crippen LogP contribution is 2.23. The third-order valence-electron chi connectivity index (χ3n) is 2.82. The van der Waals surface area contributed by atoms with Crippen molar-refractivity contribution in [2.75, 3.05) is 5.73 Å². The molecule has 1 aromatic carbocycles. The Morgan fingerprint density at radius 1 is 1.16 bits per heavy atom. The van der Waals surface area contributed by atoms with Gasteiger partial charge < -0.3 is 5.73 Å². The van der Waals surface area contributed by atoms with Crippen LogP contribution in [0.2, 0.25) is 0 Å². The van der Waals surface area contributed by atoms with E-state index in [0.29, 0.717) is 0 Å². The number of nitrogens with zero attached hydrogens (tertiary/aromatic N) is 2. The molecule has 3 rings (SSSR count). The summed E-state index contributed by atoms with van der Waals surface area (Å²) in [6.07, 6.45) is 4.42. The third-order valence-corrected chi connectivity index (χ3v) is 3.66. The zero-order valence-electron chi connectivity index (χ0n) is 10.3. The number of thiazole rings is 1. The van der Waals surface area contributed by atoms with Gasteiger partial charge in [0.15, 0.2) is 0 Å². The molecule has 0 saturated heterocycles. The van der Waals surface area contributed by atoms with Gasteiger partial charge in [-0.3, -0.25) is 4.98 Å². The van der Waals surface area contributed by atoms with Crippen LogP contribution < -0.4 is 5.73 Å². The third kappa shape index (κ3) is 2.80. The first-order chi connectivity index (χ1) is 9.31. The van der Waals surface area contributed by atoms with Crippen LogP contribution in [0.25, 0.3) is 11.3 Å². The molecule has 2 aromatic heterocycles. The summed E-state index contributed by atoms with van der Waals surface area (Å²) in [5, 5.41) is 3.16. The van der Waals surface area contributed by atoms with Gasteiger partial charge in [0.05, 0.1) is 10.7 Å². The Hall–Kier alpha value is -2.20. The Morgan fingerprint density at radius 3 is 2.89 bits per heavy atom. The molecule has 2 N–H and O–H groups in total. The minimum atomic E-state index is 0.793. The molecule has 3 nitrogen and oxygen atoms in total. The highest BCUT2D eigenvalue weighted by molar-refractivity contribution is 7.10. The van der Waals surface area contributed by atoms with Crippen LogP contribution in [0.15, 0.2) is 54.2 Å². The number of hydrogen-bond acceptors (Lipinski definition) is 4. The minimum absolute atomic E-state index is 0.793. The first-order valence-corrected chi connectivity index (χ1v) is 6.88. The van der Waals surface area contributed by atoms with Gasteiger partial charge in [0.25, 0.3) is 0 Å². The largest absolute Gasteiger partial charge is 0.399 e. The molecular weight excluding hydrogens is 254 g/mol. The molecule has 4 heteroatoms. The van der Waals surface area contributed by atoms with Crippen LogP contribution in [-0.2, 0) is 6.42 Å². The fourth-order valence-corrected chi connectivity index (χ4v) is 2.75. The number of aromatic nitrogens is 2. The Morgan fingerprint density at radius 2 is 2.11 bits per heavy atom. The zero-order valence-corrected chi connectivity index (χ0v) is 11.1. The highest BCUT2D eigenvalue weighted by Gasteiger charge is 2.05. The van der Waals surface area contributed by atoms with Crippen molar-refractivity contribution in [3.63, 3.8) is 0 Å². The van der Waals surface area contributed by atoms with Gasteiger partial charge in [-0.2, -0.15) is 0 Å². The van der Waals surface area contributed by atoms with Crippen molar-refractivity contribution in [3.05, 3.63) is 64.7 Å². The van der Waals surface area contributed by atoms with Crippen molar-refractivity contribution in [1.29, 1.82) is 0 Å². The van der Waals surface area contributed by atoms with E-state index >= 15 is 0 Å². The first kappa shape index (κ1) is 11.9. The summed E-state index contributed by atoms with van der Waals surface area (Å²) in [5.74, 6) is 0. The summed E-state index contributed by atoms with van der Waals surface area (Å²) in [4.78, 5) is 8.76. The fourth-order valence-electron chi connectivity index (χ4n) is 1.92.